The minimum atomic E-state index is 0.150. The Kier molecular flexibility index (Phi) is 36.0. The maximum Gasteiger partial charge on any atom is 0.0678 e. The number of rotatable bonds is 8. The summed E-state index contributed by atoms with van der Waals surface area (Å²) in [6, 6.07) is 6.84. The largest absolute Gasteiger partial charge is 0.301 e. The Hall–Kier alpha value is -3.04. The third-order valence-corrected chi connectivity index (χ3v) is 28.2. The van der Waals surface area contributed by atoms with Gasteiger partial charge < -0.3 is 9.80 Å². The first-order valence-electron chi connectivity index (χ1n) is 48.3. The van der Waals surface area contributed by atoms with Gasteiger partial charge in [-0.2, -0.15) is 20.4 Å². The van der Waals surface area contributed by atoms with Gasteiger partial charge in [-0.1, -0.05) is 83.1 Å². The third-order valence-electron chi connectivity index (χ3n) is 28.2. The van der Waals surface area contributed by atoms with E-state index in [2.05, 4.69) is 342 Å². The molecule has 0 N–H and O–H groups in total. The fourth-order valence-electron chi connectivity index (χ4n) is 19.2. The Bertz CT molecular complexity index is 2960. The van der Waals surface area contributed by atoms with Crippen LogP contribution in [0.5, 0.6) is 0 Å². The van der Waals surface area contributed by atoms with E-state index in [1.165, 1.54) is 244 Å². The van der Waals surface area contributed by atoms with Crippen molar-refractivity contribution in [2.45, 2.75) is 418 Å². The Balaban J connectivity index is 0.000000196. The third kappa shape index (κ3) is 32.4. The smallest absolute Gasteiger partial charge is 0.0678 e. The highest BCUT2D eigenvalue weighted by Gasteiger charge is 2.39. The Morgan fingerprint density at radius 3 is 0.627 bits per heavy atom. The van der Waals surface area contributed by atoms with Gasteiger partial charge in [0, 0.05) is 246 Å². The molecule has 2 aromatic heterocycles. The molecule has 8 fully saturated rings. The molecule has 10 aliphatic rings. The van der Waals surface area contributed by atoms with Crippen molar-refractivity contribution in [1.29, 1.82) is 0 Å². The number of hydrogen-bond acceptors (Lipinski definition) is 16. The van der Waals surface area contributed by atoms with Crippen LogP contribution in [0.25, 0.3) is 0 Å². The Morgan fingerprint density at radius 1 is 0.237 bits per heavy atom. The highest BCUT2D eigenvalue weighted by Crippen LogP contribution is 2.36. The van der Waals surface area contributed by atoms with Crippen LogP contribution in [0.4, 0.5) is 0 Å². The van der Waals surface area contributed by atoms with E-state index in [0.717, 1.165) is 37.8 Å². The molecule has 12 rings (SSSR count). The topological polar surface area (TPSA) is 99.2 Å². The summed E-state index contributed by atoms with van der Waals surface area (Å²) in [4.78, 5) is 26.4. The van der Waals surface area contributed by atoms with Gasteiger partial charge in [-0.25, -0.2) is 0 Å². The van der Waals surface area contributed by atoms with Crippen LogP contribution in [0.3, 0.4) is 0 Å². The number of hydrazone groups is 2. The Labute approximate surface area is 730 Å². The second-order valence-corrected chi connectivity index (χ2v) is 50.0. The summed E-state index contributed by atoms with van der Waals surface area (Å²) in [5.74, 6) is 1.84. The van der Waals surface area contributed by atoms with Crippen molar-refractivity contribution < 1.29 is 0 Å². The van der Waals surface area contributed by atoms with E-state index in [0.29, 0.717) is 68.5 Å². The average Bonchev–Trinajstić information content (AvgIpc) is 1.68. The zero-order valence-electron chi connectivity index (χ0n) is 84.7. The number of nitrogens with zero attached hydrogens (tertiary/aromatic N) is 18. The lowest BCUT2D eigenvalue weighted by molar-refractivity contribution is 0.0378. The maximum absolute atomic E-state index is 4.90. The van der Waals surface area contributed by atoms with Gasteiger partial charge in [-0.05, 0) is 293 Å². The molecule has 0 aromatic carbocycles. The van der Waals surface area contributed by atoms with Crippen LogP contribution in [0.2, 0.25) is 0 Å². The lowest BCUT2D eigenvalue weighted by Crippen LogP contribution is -2.54. The molecule has 0 atom stereocenters. The van der Waals surface area contributed by atoms with Gasteiger partial charge in [0.05, 0.1) is 23.5 Å². The number of hydrogen-bond donors (Lipinski definition) is 0. The number of aromatic nitrogens is 4. The summed E-state index contributed by atoms with van der Waals surface area (Å²) in [7, 11) is 0. The first kappa shape index (κ1) is 102. The molecule has 0 bridgehead atoms. The van der Waals surface area contributed by atoms with E-state index < -0.39 is 0 Å². The molecule has 2 aromatic rings. The van der Waals surface area contributed by atoms with Crippen molar-refractivity contribution in [3.05, 3.63) is 35.9 Å². The minimum absolute atomic E-state index is 0.150. The zero-order chi connectivity index (χ0) is 88.4. The fourth-order valence-corrected chi connectivity index (χ4v) is 19.2. The van der Waals surface area contributed by atoms with E-state index in [-0.39, 0.29) is 21.7 Å². The molecular formula is C100H194N18. The predicted molar refractivity (Wildman–Crippen MR) is 510 cm³/mol. The van der Waals surface area contributed by atoms with Gasteiger partial charge >= 0.3 is 0 Å². The molecule has 0 spiro atoms. The van der Waals surface area contributed by atoms with Crippen LogP contribution in [0, 0.1) is 22.7 Å². The predicted octanol–water partition coefficient (Wildman–Crippen LogP) is 19.8. The van der Waals surface area contributed by atoms with Gasteiger partial charge in [0.2, 0.25) is 0 Å². The molecule has 684 valence electrons. The SMILES string of the molecule is CC(C)(C)C1=NN(C2CCN(C(C)(C)C)CC2)CC1.CC(C)(C)C1=NN(C2CCN(C(C)(C)C)CC2)CC1.CC(C)(C)N1CCC(CN2CCN(C(C)(C)C)CC2)CC1.CC(C)(C)N1CCC(CN2CCN(C(C)(C)C)CC2)CC1.CC(C)(C)c1ccn(C2CCN(C(C)(C)C)CC2)n1.CC(C)(C)c1ccn(C2CCN(C(C)(C)C)CC2)n1. The Morgan fingerprint density at radius 2 is 0.441 bits per heavy atom. The van der Waals surface area contributed by atoms with Crippen molar-refractivity contribution >= 4 is 11.4 Å². The molecule has 0 radical (unpaired) electrons. The molecule has 0 saturated carbocycles. The molecule has 12 heterocycles. The molecule has 118 heavy (non-hydrogen) atoms. The van der Waals surface area contributed by atoms with Crippen LogP contribution < -0.4 is 0 Å². The second kappa shape index (κ2) is 41.6. The van der Waals surface area contributed by atoms with Crippen LogP contribution in [-0.2, 0) is 10.8 Å². The summed E-state index contributed by atoms with van der Waals surface area (Å²) in [6.45, 7) is 112. The van der Waals surface area contributed by atoms with Crippen molar-refractivity contribution in [3.8, 4) is 0 Å². The van der Waals surface area contributed by atoms with Crippen molar-refractivity contribution in [2.24, 2.45) is 32.9 Å². The summed E-state index contributed by atoms with van der Waals surface area (Å²) in [6.07, 6.45) is 22.1. The van der Waals surface area contributed by atoms with E-state index in [9.17, 15) is 0 Å². The van der Waals surface area contributed by atoms with E-state index in [1.807, 2.05) is 0 Å². The number of piperidine rings is 6. The molecule has 0 unspecified atom stereocenters. The van der Waals surface area contributed by atoms with Gasteiger partial charge in [0.15, 0.2) is 0 Å². The summed E-state index contributed by atoms with van der Waals surface area (Å²) >= 11 is 0. The van der Waals surface area contributed by atoms with Gasteiger partial charge in [0.25, 0.3) is 0 Å². The number of piperazine rings is 2. The molecule has 18 nitrogen and oxygen atoms in total. The van der Waals surface area contributed by atoms with E-state index in [1.54, 1.807) is 0 Å². The normalized spacial score (nSPS) is 23.2. The average molecular weight is 1650 g/mol. The monoisotopic (exact) mass is 1650 g/mol. The van der Waals surface area contributed by atoms with Crippen LogP contribution in [0.15, 0.2) is 34.7 Å². The highest BCUT2D eigenvalue weighted by molar-refractivity contribution is 5.90. The summed E-state index contributed by atoms with van der Waals surface area (Å²) in [5.41, 5.74) is 8.54. The lowest BCUT2D eigenvalue weighted by atomic mass is 9.89. The summed E-state index contributed by atoms with van der Waals surface area (Å²) in [5, 5.41) is 24.1. The van der Waals surface area contributed by atoms with E-state index >= 15 is 0 Å². The summed E-state index contributed by atoms with van der Waals surface area (Å²) < 4.78 is 4.39. The molecule has 0 aliphatic carbocycles. The van der Waals surface area contributed by atoms with Crippen molar-refractivity contribution in [1.82, 2.24) is 78.6 Å². The van der Waals surface area contributed by atoms with Crippen LogP contribution in [0.1, 0.15) is 363 Å². The fraction of sp³-hybridized carbons (Fsp3) is 0.920. The standard InChI is InChI=1S/2C18H37N3.2C16H31N3.2C16H29N3/c2*1-17(2,3)20-9-7-16(8-10-20)15-19-11-13-21(14-12-19)18(4,5)6;4*1-15(2,3)14-9-12-19(17-14)13-7-10-18(11-8-13)16(4,5)6/h2*16H,7-15H2,1-6H3;2*13H,7-12H2,1-6H3;2*9,12-13H,7-8,10-11H2,1-6H3. The van der Waals surface area contributed by atoms with Crippen molar-refractivity contribution in [2.75, 3.05) is 157 Å². The first-order chi connectivity index (χ1) is 54.0. The molecule has 8 saturated heterocycles. The van der Waals surface area contributed by atoms with Gasteiger partial charge in [0.1, 0.15) is 0 Å². The highest BCUT2D eigenvalue weighted by atomic mass is 15.5. The minimum Gasteiger partial charge on any atom is -0.301 e. The van der Waals surface area contributed by atoms with Gasteiger partial charge in [-0.15, -0.1) is 0 Å². The second-order valence-electron chi connectivity index (χ2n) is 50.0. The van der Waals surface area contributed by atoms with E-state index in [4.69, 9.17) is 20.4 Å². The quantitative estimate of drug-likeness (QED) is 0.251. The zero-order valence-corrected chi connectivity index (χ0v) is 84.7. The molecule has 18 heteroatoms. The molecular weight excluding hydrogens is 1450 g/mol. The molecule has 10 aliphatic heterocycles. The number of likely N-dealkylation sites (tertiary alicyclic amines) is 6. The first-order valence-corrected chi connectivity index (χ1v) is 48.3. The molecule has 0 amide bonds. The van der Waals surface area contributed by atoms with Crippen molar-refractivity contribution in [3.63, 3.8) is 0 Å². The lowest BCUT2D eigenvalue weighted by Gasteiger charge is -2.45. The van der Waals surface area contributed by atoms with Crippen LogP contribution in [-0.4, -0.2) is 303 Å². The maximum atomic E-state index is 4.90. The van der Waals surface area contributed by atoms with Gasteiger partial charge in [-0.3, -0.25) is 58.6 Å². The van der Waals surface area contributed by atoms with Crippen LogP contribution >= 0.6 is 0 Å².